The topological polar surface area (TPSA) is 61.4 Å². The summed E-state index contributed by atoms with van der Waals surface area (Å²) in [4.78, 5) is 2.50. The zero-order valence-electron chi connectivity index (χ0n) is 12.3. The van der Waals surface area contributed by atoms with Crippen LogP contribution < -0.4 is 14.9 Å². The van der Waals surface area contributed by atoms with Crippen LogP contribution in [0, 0.1) is 0 Å². The van der Waals surface area contributed by atoms with Gasteiger partial charge in [0, 0.05) is 25.2 Å². The van der Waals surface area contributed by atoms with E-state index in [-0.39, 0.29) is 6.04 Å². The van der Waals surface area contributed by atoms with Crippen LogP contribution in [0.25, 0.3) is 0 Å². The number of nitrogens with one attached hydrogen (secondary N) is 2. The van der Waals surface area contributed by atoms with Crippen LogP contribution in [0.4, 0.5) is 5.69 Å². The molecule has 0 saturated carbocycles. The van der Waals surface area contributed by atoms with Crippen molar-refractivity contribution in [3.05, 3.63) is 24.3 Å². The highest BCUT2D eigenvalue weighted by Crippen LogP contribution is 2.28. The van der Waals surface area contributed by atoms with Gasteiger partial charge < -0.3 is 10.2 Å². The molecule has 0 aliphatic carbocycles. The molecule has 1 aromatic rings. The van der Waals surface area contributed by atoms with Crippen molar-refractivity contribution in [2.45, 2.75) is 37.2 Å². The van der Waals surface area contributed by atoms with Gasteiger partial charge in [-0.25, -0.2) is 13.1 Å². The molecule has 1 aromatic carbocycles. The Morgan fingerprint density at radius 1 is 1.30 bits per heavy atom. The molecule has 20 heavy (non-hydrogen) atoms. The molecular formula is C14H23N3O2S. The number of para-hydroxylation sites is 1. The number of hydrogen-bond donors (Lipinski definition) is 2. The van der Waals surface area contributed by atoms with Crippen molar-refractivity contribution in [1.82, 2.24) is 10.0 Å². The van der Waals surface area contributed by atoms with E-state index in [2.05, 4.69) is 14.9 Å². The minimum atomic E-state index is -3.46. The van der Waals surface area contributed by atoms with E-state index in [1.165, 1.54) is 0 Å². The predicted molar refractivity (Wildman–Crippen MR) is 81.6 cm³/mol. The summed E-state index contributed by atoms with van der Waals surface area (Å²) in [6.07, 6.45) is 1.03. The van der Waals surface area contributed by atoms with Gasteiger partial charge in [0.15, 0.2) is 0 Å². The standard InChI is InChI=1S/C14H23N3O2S/c1-11(2)16-20(18,19)14-7-5-4-6-13(14)17-9-8-12(10-17)15-3/h4-7,11-12,15-16H,8-10H2,1-3H3. The van der Waals surface area contributed by atoms with Crippen LogP contribution in [0.3, 0.4) is 0 Å². The molecule has 112 valence electrons. The van der Waals surface area contributed by atoms with Crippen LogP contribution in [-0.4, -0.2) is 40.6 Å². The summed E-state index contributed by atoms with van der Waals surface area (Å²) in [5, 5.41) is 3.25. The third kappa shape index (κ3) is 3.31. The summed E-state index contributed by atoms with van der Waals surface area (Å²) in [6, 6.07) is 7.51. The van der Waals surface area contributed by atoms with Crippen LogP contribution in [0.1, 0.15) is 20.3 Å². The van der Waals surface area contributed by atoms with E-state index < -0.39 is 10.0 Å². The number of anilines is 1. The Morgan fingerprint density at radius 2 is 2.00 bits per heavy atom. The Morgan fingerprint density at radius 3 is 2.60 bits per heavy atom. The first-order chi connectivity index (χ1) is 9.44. The number of benzene rings is 1. The van der Waals surface area contributed by atoms with Crippen LogP contribution >= 0.6 is 0 Å². The second-order valence-corrected chi connectivity index (χ2v) is 7.15. The summed E-state index contributed by atoms with van der Waals surface area (Å²) in [6.45, 7) is 5.37. The molecule has 5 nitrogen and oxygen atoms in total. The van der Waals surface area contributed by atoms with Crippen molar-refractivity contribution >= 4 is 15.7 Å². The average Bonchev–Trinajstić information content (AvgIpc) is 2.86. The molecule has 1 heterocycles. The van der Waals surface area contributed by atoms with Crippen LogP contribution in [0.2, 0.25) is 0 Å². The van der Waals surface area contributed by atoms with E-state index in [9.17, 15) is 8.42 Å². The normalized spacial score (nSPS) is 19.8. The summed E-state index contributed by atoms with van der Waals surface area (Å²) in [5.41, 5.74) is 0.790. The van der Waals surface area contributed by atoms with Crippen molar-refractivity contribution < 1.29 is 8.42 Å². The smallest absolute Gasteiger partial charge is 0.242 e. The highest BCUT2D eigenvalue weighted by Gasteiger charge is 2.27. The van der Waals surface area contributed by atoms with E-state index in [4.69, 9.17) is 0 Å². The molecule has 0 aromatic heterocycles. The van der Waals surface area contributed by atoms with Crippen molar-refractivity contribution in [1.29, 1.82) is 0 Å². The summed E-state index contributed by atoms with van der Waals surface area (Å²) in [7, 11) is -1.52. The van der Waals surface area contributed by atoms with Gasteiger partial charge in [-0.05, 0) is 39.4 Å². The average molecular weight is 297 g/mol. The van der Waals surface area contributed by atoms with Crippen LogP contribution in [0.5, 0.6) is 0 Å². The first-order valence-corrected chi connectivity index (χ1v) is 8.46. The molecule has 0 spiro atoms. The number of sulfonamides is 1. The van der Waals surface area contributed by atoms with Gasteiger partial charge >= 0.3 is 0 Å². The first kappa shape index (κ1) is 15.3. The Hall–Kier alpha value is -1.11. The molecule has 1 atom stereocenters. The van der Waals surface area contributed by atoms with Crippen molar-refractivity contribution in [2.75, 3.05) is 25.0 Å². The highest BCUT2D eigenvalue weighted by atomic mass is 32.2. The maximum absolute atomic E-state index is 12.4. The number of nitrogens with zero attached hydrogens (tertiary/aromatic N) is 1. The Bertz CT molecular complexity index is 557. The molecule has 0 bridgehead atoms. The molecular weight excluding hydrogens is 274 g/mol. The molecule has 0 radical (unpaired) electrons. The summed E-state index contributed by atoms with van der Waals surface area (Å²) < 4.78 is 27.5. The van der Waals surface area contributed by atoms with Crippen LogP contribution in [0.15, 0.2) is 29.2 Å². The fourth-order valence-electron chi connectivity index (χ4n) is 2.53. The quantitative estimate of drug-likeness (QED) is 0.856. The Kier molecular flexibility index (Phi) is 4.67. The number of likely N-dealkylation sites (N-methyl/N-ethyl adjacent to an activating group) is 1. The largest absolute Gasteiger partial charge is 0.369 e. The molecule has 6 heteroatoms. The lowest BCUT2D eigenvalue weighted by atomic mass is 10.3. The van der Waals surface area contributed by atoms with Gasteiger partial charge in [-0.3, -0.25) is 0 Å². The molecule has 1 saturated heterocycles. The molecule has 1 aliphatic rings. The van der Waals surface area contributed by atoms with Gasteiger partial charge in [0.1, 0.15) is 4.90 Å². The molecule has 1 unspecified atom stereocenters. The number of rotatable bonds is 5. The monoisotopic (exact) mass is 297 g/mol. The minimum Gasteiger partial charge on any atom is -0.369 e. The zero-order chi connectivity index (χ0) is 14.8. The van der Waals surface area contributed by atoms with E-state index in [0.29, 0.717) is 10.9 Å². The lowest BCUT2D eigenvalue weighted by molar-refractivity contribution is 0.569. The fraction of sp³-hybridized carbons (Fsp3) is 0.571. The third-order valence-corrected chi connectivity index (χ3v) is 5.19. The number of hydrogen-bond acceptors (Lipinski definition) is 4. The minimum absolute atomic E-state index is 0.114. The van der Waals surface area contributed by atoms with Gasteiger partial charge in [0.2, 0.25) is 10.0 Å². The third-order valence-electron chi connectivity index (χ3n) is 3.48. The zero-order valence-corrected chi connectivity index (χ0v) is 13.1. The molecule has 1 aliphatic heterocycles. The first-order valence-electron chi connectivity index (χ1n) is 6.97. The molecule has 0 amide bonds. The molecule has 1 fully saturated rings. The van der Waals surface area contributed by atoms with Gasteiger partial charge in [0.05, 0.1) is 5.69 Å². The maximum atomic E-state index is 12.4. The SMILES string of the molecule is CNC1CCN(c2ccccc2S(=O)(=O)NC(C)C)C1. The lowest BCUT2D eigenvalue weighted by Gasteiger charge is -2.22. The Labute approximate surface area is 121 Å². The van der Waals surface area contributed by atoms with E-state index in [0.717, 1.165) is 25.2 Å². The second kappa shape index (κ2) is 6.11. The van der Waals surface area contributed by atoms with Crippen LogP contribution in [-0.2, 0) is 10.0 Å². The van der Waals surface area contributed by atoms with E-state index in [1.807, 2.05) is 33.0 Å². The van der Waals surface area contributed by atoms with Gasteiger partial charge in [-0.15, -0.1) is 0 Å². The van der Waals surface area contributed by atoms with Gasteiger partial charge in [-0.2, -0.15) is 0 Å². The lowest BCUT2D eigenvalue weighted by Crippen LogP contribution is -2.33. The van der Waals surface area contributed by atoms with E-state index in [1.54, 1.807) is 12.1 Å². The van der Waals surface area contributed by atoms with Crippen molar-refractivity contribution in [3.8, 4) is 0 Å². The summed E-state index contributed by atoms with van der Waals surface area (Å²) >= 11 is 0. The predicted octanol–water partition coefficient (Wildman–Crippen LogP) is 1.17. The highest BCUT2D eigenvalue weighted by molar-refractivity contribution is 7.89. The van der Waals surface area contributed by atoms with Crippen molar-refractivity contribution in [2.24, 2.45) is 0 Å². The van der Waals surface area contributed by atoms with E-state index >= 15 is 0 Å². The summed E-state index contributed by atoms with van der Waals surface area (Å²) in [5.74, 6) is 0. The second-order valence-electron chi connectivity index (χ2n) is 5.46. The molecule has 2 rings (SSSR count). The maximum Gasteiger partial charge on any atom is 0.242 e. The fourth-order valence-corrected chi connectivity index (χ4v) is 4.01. The van der Waals surface area contributed by atoms with Crippen molar-refractivity contribution in [3.63, 3.8) is 0 Å². The van der Waals surface area contributed by atoms with Gasteiger partial charge in [-0.1, -0.05) is 12.1 Å². The Balaban J connectivity index is 2.32. The van der Waals surface area contributed by atoms with Gasteiger partial charge in [0.25, 0.3) is 0 Å². The molecule has 2 N–H and O–H groups in total.